The predicted octanol–water partition coefficient (Wildman–Crippen LogP) is 2.93. The van der Waals surface area contributed by atoms with E-state index in [4.69, 9.17) is 4.74 Å². The third-order valence-corrected chi connectivity index (χ3v) is 2.55. The molecule has 1 rings (SSSR count). The number of nitrogens with one attached hydrogen (secondary N) is 1. The highest BCUT2D eigenvalue weighted by Crippen LogP contribution is 2.26. The van der Waals surface area contributed by atoms with E-state index in [0.29, 0.717) is 12.4 Å². The minimum absolute atomic E-state index is 0.206. The summed E-state index contributed by atoms with van der Waals surface area (Å²) in [7, 11) is 0. The van der Waals surface area contributed by atoms with Gasteiger partial charge in [0.15, 0.2) is 11.5 Å². The highest BCUT2D eigenvalue weighted by molar-refractivity contribution is 5.41. The van der Waals surface area contributed by atoms with Crippen LogP contribution in [-0.4, -0.2) is 18.3 Å². The molecule has 3 heteroatoms. The minimum atomic E-state index is 0.206. The van der Waals surface area contributed by atoms with E-state index >= 15 is 0 Å². The van der Waals surface area contributed by atoms with Crippen LogP contribution in [0, 0.1) is 5.92 Å². The van der Waals surface area contributed by atoms with Crippen molar-refractivity contribution in [3.63, 3.8) is 0 Å². The smallest absolute Gasteiger partial charge is 0.161 e. The van der Waals surface area contributed by atoms with Gasteiger partial charge in [0, 0.05) is 6.54 Å². The van der Waals surface area contributed by atoms with Crippen LogP contribution in [0.25, 0.3) is 0 Å². The maximum absolute atomic E-state index is 9.57. The number of rotatable bonds is 7. The lowest BCUT2D eigenvalue weighted by atomic mass is 10.1. The van der Waals surface area contributed by atoms with Crippen LogP contribution in [0.15, 0.2) is 18.2 Å². The summed E-state index contributed by atoms with van der Waals surface area (Å²) in [6.07, 6.45) is 1.18. The number of aromatic hydroxyl groups is 1. The standard InChI is InChI=1S/C14H23NO2/c1-4-17-14-9-12(5-6-13(14)16)10-15-8-7-11(2)3/h5-6,9,11,15-16H,4,7-8,10H2,1-3H3. The molecular weight excluding hydrogens is 214 g/mol. The Balaban J connectivity index is 2.45. The Morgan fingerprint density at radius 3 is 2.76 bits per heavy atom. The van der Waals surface area contributed by atoms with Gasteiger partial charge < -0.3 is 15.2 Å². The average molecular weight is 237 g/mol. The fraction of sp³-hybridized carbons (Fsp3) is 0.571. The Labute approximate surface area is 104 Å². The minimum Gasteiger partial charge on any atom is -0.504 e. The number of ether oxygens (including phenoxy) is 1. The normalized spacial score (nSPS) is 10.8. The summed E-state index contributed by atoms with van der Waals surface area (Å²) in [6, 6.07) is 5.49. The van der Waals surface area contributed by atoms with Crippen LogP contribution in [0.1, 0.15) is 32.8 Å². The van der Waals surface area contributed by atoms with E-state index in [9.17, 15) is 5.11 Å². The van der Waals surface area contributed by atoms with E-state index in [-0.39, 0.29) is 5.75 Å². The molecule has 0 fully saturated rings. The lowest BCUT2D eigenvalue weighted by Gasteiger charge is -2.10. The monoisotopic (exact) mass is 237 g/mol. The van der Waals surface area contributed by atoms with Gasteiger partial charge in [-0.25, -0.2) is 0 Å². The first-order chi connectivity index (χ1) is 8.13. The van der Waals surface area contributed by atoms with Gasteiger partial charge in [-0.2, -0.15) is 0 Å². The second kappa shape index (κ2) is 7.17. The maximum atomic E-state index is 9.57. The molecule has 17 heavy (non-hydrogen) atoms. The molecule has 0 unspecified atom stereocenters. The molecule has 0 saturated heterocycles. The number of hydrogen-bond donors (Lipinski definition) is 2. The molecule has 1 aromatic carbocycles. The maximum Gasteiger partial charge on any atom is 0.161 e. The van der Waals surface area contributed by atoms with Gasteiger partial charge in [-0.05, 0) is 43.5 Å². The molecule has 0 aliphatic heterocycles. The quantitative estimate of drug-likeness (QED) is 0.716. The first-order valence-corrected chi connectivity index (χ1v) is 6.29. The fourth-order valence-electron chi connectivity index (χ4n) is 1.56. The van der Waals surface area contributed by atoms with Crippen LogP contribution >= 0.6 is 0 Å². The zero-order valence-corrected chi connectivity index (χ0v) is 11.0. The van der Waals surface area contributed by atoms with Crippen molar-refractivity contribution in [2.45, 2.75) is 33.7 Å². The van der Waals surface area contributed by atoms with Crippen molar-refractivity contribution >= 4 is 0 Å². The Morgan fingerprint density at radius 2 is 2.12 bits per heavy atom. The van der Waals surface area contributed by atoms with Crippen LogP contribution in [-0.2, 0) is 6.54 Å². The van der Waals surface area contributed by atoms with Crippen molar-refractivity contribution < 1.29 is 9.84 Å². The van der Waals surface area contributed by atoms with Crippen molar-refractivity contribution in [2.75, 3.05) is 13.2 Å². The van der Waals surface area contributed by atoms with E-state index < -0.39 is 0 Å². The van der Waals surface area contributed by atoms with Crippen LogP contribution in [0.3, 0.4) is 0 Å². The van der Waals surface area contributed by atoms with Crippen molar-refractivity contribution in [1.29, 1.82) is 0 Å². The molecule has 1 aromatic rings. The Bertz CT molecular complexity index is 337. The van der Waals surface area contributed by atoms with Gasteiger partial charge in [0.05, 0.1) is 6.61 Å². The van der Waals surface area contributed by atoms with Crippen molar-refractivity contribution in [3.8, 4) is 11.5 Å². The molecule has 0 amide bonds. The van der Waals surface area contributed by atoms with E-state index in [1.807, 2.05) is 19.1 Å². The first kappa shape index (κ1) is 13.8. The van der Waals surface area contributed by atoms with Gasteiger partial charge in [-0.15, -0.1) is 0 Å². The number of benzene rings is 1. The largest absolute Gasteiger partial charge is 0.504 e. The molecule has 0 radical (unpaired) electrons. The summed E-state index contributed by atoms with van der Waals surface area (Å²) in [5, 5.41) is 12.9. The fourth-order valence-corrected chi connectivity index (χ4v) is 1.56. The molecule has 0 heterocycles. The number of hydrogen-bond acceptors (Lipinski definition) is 3. The van der Waals surface area contributed by atoms with Crippen molar-refractivity contribution in [1.82, 2.24) is 5.32 Å². The molecule has 0 aromatic heterocycles. The summed E-state index contributed by atoms with van der Waals surface area (Å²) in [5.41, 5.74) is 1.13. The summed E-state index contributed by atoms with van der Waals surface area (Å²) in [5.74, 6) is 1.50. The molecule has 0 atom stereocenters. The van der Waals surface area contributed by atoms with Gasteiger partial charge in [0.25, 0.3) is 0 Å². The molecule has 0 saturated carbocycles. The number of phenolic OH excluding ortho intramolecular Hbond substituents is 1. The summed E-state index contributed by atoms with van der Waals surface area (Å²) in [6.45, 7) is 8.74. The first-order valence-electron chi connectivity index (χ1n) is 6.29. The molecule has 3 nitrogen and oxygen atoms in total. The van der Waals surface area contributed by atoms with Gasteiger partial charge >= 0.3 is 0 Å². The zero-order valence-electron chi connectivity index (χ0n) is 11.0. The molecule has 0 spiro atoms. The van der Waals surface area contributed by atoms with E-state index in [0.717, 1.165) is 24.6 Å². The Kier molecular flexibility index (Phi) is 5.84. The molecule has 96 valence electrons. The van der Waals surface area contributed by atoms with Gasteiger partial charge in [0.2, 0.25) is 0 Å². The molecular formula is C14H23NO2. The van der Waals surface area contributed by atoms with Crippen molar-refractivity contribution in [3.05, 3.63) is 23.8 Å². The van der Waals surface area contributed by atoms with Crippen LogP contribution in [0.4, 0.5) is 0 Å². The highest BCUT2D eigenvalue weighted by atomic mass is 16.5. The van der Waals surface area contributed by atoms with Crippen molar-refractivity contribution in [2.24, 2.45) is 5.92 Å². The average Bonchev–Trinajstić information content (AvgIpc) is 2.28. The summed E-state index contributed by atoms with van der Waals surface area (Å²) in [4.78, 5) is 0. The molecule has 2 N–H and O–H groups in total. The molecule has 0 aliphatic carbocycles. The third-order valence-electron chi connectivity index (χ3n) is 2.55. The van der Waals surface area contributed by atoms with Crippen LogP contribution in [0.5, 0.6) is 11.5 Å². The highest BCUT2D eigenvalue weighted by Gasteiger charge is 2.03. The van der Waals surface area contributed by atoms with E-state index in [1.54, 1.807) is 6.07 Å². The van der Waals surface area contributed by atoms with Gasteiger partial charge in [-0.3, -0.25) is 0 Å². The third kappa shape index (κ3) is 5.09. The zero-order chi connectivity index (χ0) is 12.7. The predicted molar refractivity (Wildman–Crippen MR) is 70.4 cm³/mol. The second-order valence-corrected chi connectivity index (χ2v) is 4.59. The van der Waals surface area contributed by atoms with Gasteiger partial charge in [-0.1, -0.05) is 19.9 Å². The summed E-state index contributed by atoms with van der Waals surface area (Å²) < 4.78 is 5.34. The van der Waals surface area contributed by atoms with Gasteiger partial charge in [0.1, 0.15) is 0 Å². The molecule has 0 bridgehead atoms. The lowest BCUT2D eigenvalue weighted by molar-refractivity contribution is 0.317. The topological polar surface area (TPSA) is 41.5 Å². The number of phenols is 1. The molecule has 0 aliphatic rings. The van der Waals surface area contributed by atoms with E-state index in [1.165, 1.54) is 6.42 Å². The van der Waals surface area contributed by atoms with Crippen LogP contribution < -0.4 is 10.1 Å². The SMILES string of the molecule is CCOc1cc(CNCCC(C)C)ccc1O. The Morgan fingerprint density at radius 1 is 1.35 bits per heavy atom. The Hall–Kier alpha value is -1.22. The second-order valence-electron chi connectivity index (χ2n) is 4.59. The summed E-state index contributed by atoms with van der Waals surface area (Å²) >= 11 is 0. The van der Waals surface area contributed by atoms with E-state index in [2.05, 4.69) is 19.2 Å². The van der Waals surface area contributed by atoms with Crippen LogP contribution in [0.2, 0.25) is 0 Å². The lowest BCUT2D eigenvalue weighted by Crippen LogP contribution is -2.16.